The van der Waals surface area contributed by atoms with E-state index in [9.17, 15) is 19.2 Å². The molecular formula is C14H22N2O7. The molecule has 1 aliphatic heterocycles. The Hall–Kier alpha value is -2.16. The minimum Gasteiger partial charge on any atom is -0.444 e. The van der Waals surface area contributed by atoms with Crippen LogP contribution in [0.5, 0.6) is 0 Å². The van der Waals surface area contributed by atoms with Gasteiger partial charge in [-0.15, -0.1) is 5.06 Å². The highest BCUT2D eigenvalue weighted by Crippen LogP contribution is 2.12. The number of ether oxygens (including phenoxy) is 2. The molecule has 0 atom stereocenters. The summed E-state index contributed by atoms with van der Waals surface area (Å²) in [4.78, 5) is 49.9. The molecule has 1 rings (SSSR count). The smallest absolute Gasteiger partial charge is 0.407 e. The lowest BCUT2D eigenvalue weighted by atomic mass is 10.2. The lowest BCUT2D eigenvalue weighted by molar-refractivity contribution is -0.198. The number of carbonyl (C=O) groups is 4. The standard InChI is InChI=1S/C14H22N2O7/c1-14(2,3)22-13(20)15-7-9-21-8-6-12(19)23-16-10(17)4-5-11(16)18/h4-9H2,1-3H3,(H,15,20). The van der Waals surface area contributed by atoms with Crippen molar-refractivity contribution in [1.82, 2.24) is 10.4 Å². The number of nitrogens with one attached hydrogen (secondary N) is 1. The molecule has 0 spiro atoms. The molecule has 9 nitrogen and oxygen atoms in total. The summed E-state index contributed by atoms with van der Waals surface area (Å²) in [7, 11) is 0. The average molecular weight is 330 g/mol. The molecule has 0 aromatic carbocycles. The summed E-state index contributed by atoms with van der Waals surface area (Å²) in [6.45, 7) is 5.73. The summed E-state index contributed by atoms with van der Waals surface area (Å²) in [6, 6.07) is 0. The van der Waals surface area contributed by atoms with Gasteiger partial charge in [0.05, 0.1) is 19.6 Å². The molecule has 0 aliphatic carbocycles. The van der Waals surface area contributed by atoms with Crippen molar-refractivity contribution in [2.45, 2.75) is 45.6 Å². The van der Waals surface area contributed by atoms with Gasteiger partial charge in [-0.1, -0.05) is 0 Å². The Balaban J connectivity index is 2.06. The average Bonchev–Trinajstić information content (AvgIpc) is 2.72. The van der Waals surface area contributed by atoms with Crippen molar-refractivity contribution < 1.29 is 33.5 Å². The van der Waals surface area contributed by atoms with Gasteiger partial charge in [0.15, 0.2) is 0 Å². The summed E-state index contributed by atoms with van der Waals surface area (Å²) < 4.78 is 10.2. The number of nitrogens with zero attached hydrogens (tertiary/aromatic N) is 1. The maximum Gasteiger partial charge on any atom is 0.407 e. The molecule has 23 heavy (non-hydrogen) atoms. The van der Waals surface area contributed by atoms with E-state index in [-0.39, 0.29) is 39.0 Å². The van der Waals surface area contributed by atoms with Crippen molar-refractivity contribution in [3.8, 4) is 0 Å². The highest BCUT2D eigenvalue weighted by atomic mass is 16.7. The molecule has 3 amide bonds. The summed E-state index contributed by atoms with van der Waals surface area (Å²) in [5.41, 5.74) is -0.570. The minimum atomic E-state index is -0.728. The molecule has 0 bridgehead atoms. The first kappa shape index (κ1) is 18.9. The van der Waals surface area contributed by atoms with Crippen molar-refractivity contribution in [2.75, 3.05) is 19.8 Å². The maximum atomic E-state index is 11.4. The lowest BCUT2D eigenvalue weighted by Gasteiger charge is -2.19. The molecule has 9 heteroatoms. The van der Waals surface area contributed by atoms with Gasteiger partial charge in [-0.25, -0.2) is 9.59 Å². The van der Waals surface area contributed by atoms with E-state index in [1.807, 2.05) is 0 Å². The molecule has 1 heterocycles. The minimum absolute atomic E-state index is 0.0467. The second-order valence-corrected chi connectivity index (χ2v) is 5.84. The quantitative estimate of drug-likeness (QED) is 0.535. The molecular weight excluding hydrogens is 308 g/mol. The number of hydrogen-bond donors (Lipinski definition) is 1. The SMILES string of the molecule is CC(C)(C)OC(=O)NCCOCCC(=O)ON1C(=O)CCC1=O. The van der Waals surface area contributed by atoms with Crippen molar-refractivity contribution >= 4 is 23.9 Å². The summed E-state index contributed by atoms with van der Waals surface area (Å²) >= 11 is 0. The summed E-state index contributed by atoms with van der Waals surface area (Å²) in [6.07, 6.45) is -0.548. The first-order valence-corrected chi connectivity index (χ1v) is 7.30. The zero-order valence-electron chi connectivity index (χ0n) is 13.5. The van der Waals surface area contributed by atoms with Crippen LogP contribution in [-0.4, -0.2) is 54.3 Å². The van der Waals surface area contributed by atoms with Crippen LogP contribution < -0.4 is 5.32 Å². The number of carbonyl (C=O) groups excluding carboxylic acids is 4. The molecule has 0 radical (unpaired) electrons. The van der Waals surface area contributed by atoms with Gasteiger partial charge in [0, 0.05) is 19.4 Å². The number of imide groups is 1. The molecule has 0 aromatic heterocycles. The van der Waals surface area contributed by atoms with E-state index >= 15 is 0 Å². The normalized spacial score (nSPS) is 14.8. The number of hydrogen-bond acceptors (Lipinski definition) is 7. The van der Waals surface area contributed by atoms with E-state index in [0.29, 0.717) is 5.06 Å². The van der Waals surface area contributed by atoms with Gasteiger partial charge in [0.2, 0.25) is 0 Å². The fourth-order valence-electron chi connectivity index (χ4n) is 1.60. The molecule has 1 fully saturated rings. The summed E-state index contributed by atoms with van der Waals surface area (Å²) in [5, 5.41) is 2.99. The van der Waals surface area contributed by atoms with Crippen LogP contribution in [0.2, 0.25) is 0 Å². The molecule has 0 saturated carbocycles. The van der Waals surface area contributed by atoms with Gasteiger partial charge in [-0.2, -0.15) is 0 Å². The second-order valence-electron chi connectivity index (χ2n) is 5.84. The number of rotatable bonds is 7. The third kappa shape index (κ3) is 7.59. The molecule has 1 N–H and O–H groups in total. The van der Waals surface area contributed by atoms with E-state index in [4.69, 9.17) is 9.47 Å². The predicted molar refractivity (Wildman–Crippen MR) is 76.9 cm³/mol. The highest BCUT2D eigenvalue weighted by molar-refractivity contribution is 6.01. The number of amides is 3. The first-order valence-electron chi connectivity index (χ1n) is 7.30. The van der Waals surface area contributed by atoms with Crippen molar-refractivity contribution in [1.29, 1.82) is 0 Å². The van der Waals surface area contributed by atoms with Crippen LogP contribution in [-0.2, 0) is 28.7 Å². The van der Waals surface area contributed by atoms with Crippen LogP contribution >= 0.6 is 0 Å². The number of hydroxylamine groups is 2. The van der Waals surface area contributed by atoms with Crippen molar-refractivity contribution in [3.63, 3.8) is 0 Å². The van der Waals surface area contributed by atoms with E-state index in [0.717, 1.165) is 0 Å². The van der Waals surface area contributed by atoms with Crippen LogP contribution in [0.25, 0.3) is 0 Å². The van der Waals surface area contributed by atoms with Crippen LogP contribution in [0.3, 0.4) is 0 Å². The van der Waals surface area contributed by atoms with E-state index in [1.165, 1.54) is 0 Å². The zero-order chi connectivity index (χ0) is 17.5. The lowest BCUT2D eigenvalue weighted by Crippen LogP contribution is -2.34. The fourth-order valence-corrected chi connectivity index (χ4v) is 1.60. The van der Waals surface area contributed by atoms with Crippen molar-refractivity contribution in [3.05, 3.63) is 0 Å². The second kappa shape index (κ2) is 8.47. The molecule has 0 unspecified atom stereocenters. The third-order valence-corrected chi connectivity index (χ3v) is 2.56. The highest BCUT2D eigenvalue weighted by Gasteiger charge is 2.32. The Morgan fingerprint density at radius 1 is 1.13 bits per heavy atom. The Morgan fingerprint density at radius 2 is 1.74 bits per heavy atom. The first-order chi connectivity index (χ1) is 10.7. The fraction of sp³-hybridized carbons (Fsp3) is 0.714. The molecule has 1 saturated heterocycles. The third-order valence-electron chi connectivity index (χ3n) is 2.56. The zero-order valence-corrected chi connectivity index (χ0v) is 13.5. The Labute approximate surface area is 134 Å². The van der Waals surface area contributed by atoms with Gasteiger partial charge in [-0.3, -0.25) is 9.59 Å². The largest absolute Gasteiger partial charge is 0.444 e. The Bertz CT molecular complexity index is 454. The van der Waals surface area contributed by atoms with E-state index in [2.05, 4.69) is 10.2 Å². The van der Waals surface area contributed by atoms with Crippen LogP contribution in [0, 0.1) is 0 Å². The molecule has 0 aromatic rings. The Kier molecular flexibility index (Phi) is 6.95. The Morgan fingerprint density at radius 3 is 2.30 bits per heavy atom. The topological polar surface area (TPSA) is 111 Å². The number of alkyl carbamates (subject to hydrolysis) is 1. The molecule has 1 aliphatic rings. The van der Waals surface area contributed by atoms with Gasteiger partial charge in [0.25, 0.3) is 11.8 Å². The van der Waals surface area contributed by atoms with Gasteiger partial charge in [-0.05, 0) is 20.8 Å². The van der Waals surface area contributed by atoms with Gasteiger partial charge >= 0.3 is 12.1 Å². The maximum absolute atomic E-state index is 11.4. The summed E-state index contributed by atoms with van der Waals surface area (Å²) in [5.74, 6) is -1.77. The van der Waals surface area contributed by atoms with E-state index < -0.39 is 29.5 Å². The van der Waals surface area contributed by atoms with Crippen LogP contribution in [0.15, 0.2) is 0 Å². The molecule has 130 valence electrons. The predicted octanol–water partition coefficient (Wildman–Crippen LogP) is 0.525. The monoisotopic (exact) mass is 330 g/mol. The van der Waals surface area contributed by atoms with Crippen molar-refractivity contribution in [2.24, 2.45) is 0 Å². The van der Waals surface area contributed by atoms with Crippen LogP contribution in [0.1, 0.15) is 40.0 Å². The van der Waals surface area contributed by atoms with Crippen LogP contribution in [0.4, 0.5) is 4.79 Å². The van der Waals surface area contributed by atoms with E-state index in [1.54, 1.807) is 20.8 Å². The van der Waals surface area contributed by atoms with Gasteiger partial charge < -0.3 is 19.6 Å². The van der Waals surface area contributed by atoms with Gasteiger partial charge in [0.1, 0.15) is 5.60 Å².